The van der Waals surface area contributed by atoms with Crippen molar-refractivity contribution >= 4 is 11.6 Å². The number of hydrogen-bond acceptors (Lipinski definition) is 4. The van der Waals surface area contributed by atoms with E-state index >= 15 is 0 Å². The van der Waals surface area contributed by atoms with Gasteiger partial charge in [0.15, 0.2) is 0 Å². The van der Waals surface area contributed by atoms with E-state index in [-0.39, 0.29) is 6.42 Å². The summed E-state index contributed by atoms with van der Waals surface area (Å²) in [5.41, 5.74) is -1.46. The Morgan fingerprint density at radius 1 is 1.62 bits per heavy atom. The molecule has 0 spiro atoms. The zero-order valence-corrected chi connectivity index (χ0v) is 7.96. The maximum Gasteiger partial charge on any atom is 0.231 e. The molecule has 4 heteroatoms. The molecule has 0 heterocycles. The summed E-state index contributed by atoms with van der Waals surface area (Å²) in [6.07, 6.45) is 1.10. The third kappa shape index (κ3) is 1.95. The van der Waals surface area contributed by atoms with Crippen molar-refractivity contribution in [1.82, 2.24) is 5.32 Å². The number of nitrogens with one attached hydrogen (secondary N) is 1. The fourth-order valence-corrected chi connectivity index (χ4v) is 1.49. The first-order valence-corrected chi connectivity index (χ1v) is 4.53. The standard InChI is InChI=1S/C9H15NO3/c1-3-4-10-6-5-9(2,13)8(12)7(6)11/h6,10,13H,3-5H2,1-2H3. The highest BCUT2D eigenvalue weighted by Crippen LogP contribution is 2.23. The zero-order chi connectivity index (χ0) is 10.1. The number of aliphatic hydroxyl groups is 1. The van der Waals surface area contributed by atoms with Crippen LogP contribution in [-0.2, 0) is 9.59 Å². The zero-order valence-electron chi connectivity index (χ0n) is 7.96. The van der Waals surface area contributed by atoms with Gasteiger partial charge in [0.05, 0.1) is 6.04 Å². The van der Waals surface area contributed by atoms with E-state index in [9.17, 15) is 14.7 Å². The average molecular weight is 185 g/mol. The lowest BCUT2D eigenvalue weighted by Gasteiger charge is -2.13. The Morgan fingerprint density at radius 3 is 2.62 bits per heavy atom. The number of hydrogen-bond donors (Lipinski definition) is 2. The lowest BCUT2D eigenvalue weighted by Crippen LogP contribution is -2.35. The monoisotopic (exact) mass is 185 g/mol. The lowest BCUT2D eigenvalue weighted by molar-refractivity contribution is -0.142. The highest BCUT2D eigenvalue weighted by molar-refractivity contribution is 6.44. The number of Topliss-reactive ketones (excluding diaryl/α,β-unsaturated/α-hetero) is 2. The molecule has 0 aromatic carbocycles. The van der Waals surface area contributed by atoms with Crippen LogP contribution in [0.5, 0.6) is 0 Å². The maximum atomic E-state index is 11.3. The summed E-state index contributed by atoms with van der Waals surface area (Å²) in [6.45, 7) is 4.06. The first kappa shape index (κ1) is 10.3. The molecular formula is C9H15NO3. The molecule has 0 aromatic heterocycles. The largest absolute Gasteiger partial charge is 0.382 e. The normalized spacial score (nSPS) is 34.2. The molecule has 1 aliphatic carbocycles. The van der Waals surface area contributed by atoms with Crippen molar-refractivity contribution in [3.8, 4) is 0 Å². The van der Waals surface area contributed by atoms with Crippen LogP contribution < -0.4 is 5.32 Å². The van der Waals surface area contributed by atoms with Gasteiger partial charge < -0.3 is 10.4 Å². The fraction of sp³-hybridized carbons (Fsp3) is 0.778. The van der Waals surface area contributed by atoms with Crippen LogP contribution in [-0.4, -0.2) is 34.9 Å². The fourth-order valence-electron chi connectivity index (χ4n) is 1.49. The molecule has 2 N–H and O–H groups in total. The van der Waals surface area contributed by atoms with Crippen molar-refractivity contribution in [2.45, 2.75) is 38.3 Å². The Kier molecular flexibility index (Phi) is 2.83. The molecule has 2 atom stereocenters. The van der Waals surface area contributed by atoms with E-state index in [1.54, 1.807) is 0 Å². The first-order valence-electron chi connectivity index (χ1n) is 4.53. The van der Waals surface area contributed by atoms with Gasteiger partial charge in [-0.1, -0.05) is 6.92 Å². The van der Waals surface area contributed by atoms with Crippen molar-refractivity contribution < 1.29 is 14.7 Å². The first-order chi connectivity index (χ1) is 5.99. The molecular weight excluding hydrogens is 170 g/mol. The third-order valence-corrected chi connectivity index (χ3v) is 2.27. The lowest BCUT2D eigenvalue weighted by atomic mass is 10.0. The Hall–Kier alpha value is -0.740. The van der Waals surface area contributed by atoms with Crippen molar-refractivity contribution in [1.29, 1.82) is 0 Å². The summed E-state index contributed by atoms with van der Waals surface area (Å²) < 4.78 is 0. The van der Waals surface area contributed by atoms with Gasteiger partial charge in [0, 0.05) is 6.42 Å². The molecule has 0 radical (unpaired) electrons. The highest BCUT2D eigenvalue weighted by Gasteiger charge is 2.48. The molecule has 0 bridgehead atoms. The van der Waals surface area contributed by atoms with E-state index in [0.29, 0.717) is 6.54 Å². The minimum atomic E-state index is -1.46. The van der Waals surface area contributed by atoms with Gasteiger partial charge in [-0.25, -0.2) is 0 Å². The Morgan fingerprint density at radius 2 is 2.23 bits per heavy atom. The Bertz CT molecular complexity index is 235. The van der Waals surface area contributed by atoms with Crippen LogP contribution in [0.25, 0.3) is 0 Å². The summed E-state index contributed by atoms with van der Waals surface area (Å²) in [5, 5.41) is 12.4. The van der Waals surface area contributed by atoms with Crippen LogP contribution in [0.1, 0.15) is 26.7 Å². The van der Waals surface area contributed by atoms with Crippen molar-refractivity contribution in [2.75, 3.05) is 6.54 Å². The van der Waals surface area contributed by atoms with E-state index in [4.69, 9.17) is 0 Å². The van der Waals surface area contributed by atoms with E-state index in [1.807, 2.05) is 6.92 Å². The van der Waals surface area contributed by atoms with Crippen LogP contribution in [0.2, 0.25) is 0 Å². The van der Waals surface area contributed by atoms with Crippen molar-refractivity contribution in [2.24, 2.45) is 0 Å². The van der Waals surface area contributed by atoms with Gasteiger partial charge in [-0.15, -0.1) is 0 Å². The Labute approximate surface area is 77.3 Å². The van der Waals surface area contributed by atoms with Gasteiger partial charge in [0.2, 0.25) is 11.6 Å². The van der Waals surface area contributed by atoms with E-state index in [1.165, 1.54) is 6.92 Å². The SMILES string of the molecule is CCCNC1CC(C)(O)C(=O)C1=O. The van der Waals surface area contributed by atoms with Crippen molar-refractivity contribution in [3.05, 3.63) is 0 Å². The summed E-state index contributed by atoms with van der Waals surface area (Å²) in [4.78, 5) is 22.4. The quantitative estimate of drug-likeness (QED) is 0.590. The second kappa shape index (κ2) is 3.55. The molecule has 4 nitrogen and oxygen atoms in total. The van der Waals surface area contributed by atoms with Crippen LogP contribution >= 0.6 is 0 Å². The summed E-state index contributed by atoms with van der Waals surface area (Å²) in [6, 6.07) is -0.484. The van der Waals surface area contributed by atoms with Gasteiger partial charge in [-0.3, -0.25) is 9.59 Å². The molecule has 1 aliphatic rings. The molecule has 1 saturated carbocycles. The molecule has 74 valence electrons. The minimum Gasteiger partial charge on any atom is -0.382 e. The predicted molar refractivity (Wildman–Crippen MR) is 47.3 cm³/mol. The van der Waals surface area contributed by atoms with Crippen LogP contribution in [0.3, 0.4) is 0 Å². The van der Waals surface area contributed by atoms with Crippen molar-refractivity contribution in [3.63, 3.8) is 0 Å². The molecule has 2 unspecified atom stereocenters. The number of carbonyl (C=O) groups is 2. The molecule has 0 saturated heterocycles. The molecule has 13 heavy (non-hydrogen) atoms. The second-order valence-electron chi connectivity index (χ2n) is 3.68. The van der Waals surface area contributed by atoms with Crippen LogP contribution in [0.4, 0.5) is 0 Å². The molecule has 1 fully saturated rings. The minimum absolute atomic E-state index is 0.199. The van der Waals surface area contributed by atoms with Gasteiger partial charge in [-0.2, -0.15) is 0 Å². The Balaban J connectivity index is 2.62. The number of carbonyl (C=O) groups excluding carboxylic acids is 2. The topological polar surface area (TPSA) is 66.4 Å². The van der Waals surface area contributed by atoms with Gasteiger partial charge in [-0.05, 0) is 19.9 Å². The van der Waals surface area contributed by atoms with Gasteiger partial charge >= 0.3 is 0 Å². The second-order valence-corrected chi connectivity index (χ2v) is 3.68. The summed E-state index contributed by atoms with van der Waals surface area (Å²) in [5.74, 6) is -1.15. The maximum absolute atomic E-state index is 11.3. The van der Waals surface area contributed by atoms with Crippen LogP contribution in [0, 0.1) is 0 Å². The van der Waals surface area contributed by atoms with Gasteiger partial charge in [0.25, 0.3) is 0 Å². The average Bonchev–Trinajstić information content (AvgIpc) is 2.26. The third-order valence-electron chi connectivity index (χ3n) is 2.27. The van der Waals surface area contributed by atoms with E-state index in [0.717, 1.165) is 6.42 Å². The molecule has 1 rings (SSSR count). The number of ketones is 2. The van der Waals surface area contributed by atoms with E-state index < -0.39 is 23.2 Å². The molecule has 0 aromatic rings. The molecule has 0 amide bonds. The molecule has 0 aliphatic heterocycles. The highest BCUT2D eigenvalue weighted by atomic mass is 16.3. The van der Waals surface area contributed by atoms with Gasteiger partial charge in [0.1, 0.15) is 5.60 Å². The smallest absolute Gasteiger partial charge is 0.231 e. The van der Waals surface area contributed by atoms with Crippen LogP contribution in [0.15, 0.2) is 0 Å². The number of rotatable bonds is 3. The predicted octanol–water partition coefficient (Wildman–Crippen LogP) is -0.353. The van der Waals surface area contributed by atoms with E-state index in [2.05, 4.69) is 5.32 Å². The summed E-state index contributed by atoms with van der Waals surface area (Å²) >= 11 is 0. The summed E-state index contributed by atoms with van der Waals surface area (Å²) in [7, 11) is 0.